The van der Waals surface area contributed by atoms with Gasteiger partial charge in [-0.05, 0) is 37.3 Å². The van der Waals surface area contributed by atoms with Crippen molar-refractivity contribution in [1.29, 1.82) is 0 Å². The second kappa shape index (κ2) is 6.79. The van der Waals surface area contributed by atoms with Crippen LogP contribution in [0.2, 0.25) is 5.02 Å². The van der Waals surface area contributed by atoms with Gasteiger partial charge in [-0.25, -0.2) is 0 Å². The summed E-state index contributed by atoms with van der Waals surface area (Å²) in [6, 6.07) is 12.1. The topological polar surface area (TPSA) is 59.6 Å². The number of carbonyl (C=O) groups excluding carboxylic acids is 1. The van der Waals surface area contributed by atoms with Gasteiger partial charge >= 0.3 is 0 Å². The molecule has 0 saturated heterocycles. The normalized spacial score (nSPS) is 14.0. The first-order valence-electron chi connectivity index (χ1n) is 7.34. The lowest BCUT2D eigenvalue weighted by Gasteiger charge is -2.20. The quantitative estimate of drug-likeness (QED) is 0.899. The number of ether oxygens (including phenoxy) is 2. The minimum Gasteiger partial charge on any atom is -0.486 e. The molecule has 0 aromatic heterocycles. The predicted molar refractivity (Wildman–Crippen MR) is 90.6 cm³/mol. The standard InChI is InChI=1S/C17H17ClN2O3/c1-11(17(21)20-13-4-2-3-12(18)9-13)19-14-5-6-15-16(10-14)23-8-7-22-15/h2-6,9-11,19H,7-8H2,1H3,(H,20,21)/t11-/m1/s1. The highest BCUT2D eigenvalue weighted by atomic mass is 35.5. The van der Waals surface area contributed by atoms with Crippen LogP contribution in [0.25, 0.3) is 0 Å². The molecule has 1 heterocycles. The number of fused-ring (bicyclic) bond motifs is 1. The van der Waals surface area contributed by atoms with Crippen LogP contribution in [0.4, 0.5) is 11.4 Å². The van der Waals surface area contributed by atoms with Gasteiger partial charge in [0.1, 0.15) is 19.3 Å². The first-order valence-corrected chi connectivity index (χ1v) is 7.72. The Hall–Kier alpha value is -2.40. The number of hydrogen-bond acceptors (Lipinski definition) is 4. The molecule has 0 unspecified atom stereocenters. The molecule has 0 fully saturated rings. The van der Waals surface area contributed by atoms with Crippen LogP contribution in [-0.2, 0) is 4.79 Å². The van der Waals surface area contributed by atoms with Crippen LogP contribution in [0.5, 0.6) is 11.5 Å². The number of halogens is 1. The van der Waals surface area contributed by atoms with E-state index in [0.717, 1.165) is 11.4 Å². The van der Waals surface area contributed by atoms with Gasteiger partial charge in [-0.1, -0.05) is 17.7 Å². The molecule has 1 amide bonds. The fourth-order valence-electron chi connectivity index (χ4n) is 2.27. The smallest absolute Gasteiger partial charge is 0.246 e. The third kappa shape index (κ3) is 3.87. The Kier molecular flexibility index (Phi) is 4.57. The summed E-state index contributed by atoms with van der Waals surface area (Å²) in [5.41, 5.74) is 1.46. The first-order chi connectivity index (χ1) is 11.1. The monoisotopic (exact) mass is 332 g/mol. The zero-order valence-corrected chi connectivity index (χ0v) is 13.4. The average molecular weight is 333 g/mol. The Bertz CT molecular complexity index is 721. The lowest BCUT2D eigenvalue weighted by atomic mass is 10.2. The highest BCUT2D eigenvalue weighted by molar-refractivity contribution is 6.30. The van der Waals surface area contributed by atoms with Crippen molar-refractivity contribution in [2.75, 3.05) is 23.8 Å². The van der Waals surface area contributed by atoms with Crippen molar-refractivity contribution in [3.63, 3.8) is 0 Å². The van der Waals surface area contributed by atoms with Gasteiger partial charge < -0.3 is 20.1 Å². The van der Waals surface area contributed by atoms with Gasteiger partial charge in [-0.3, -0.25) is 4.79 Å². The number of carbonyl (C=O) groups is 1. The molecule has 0 aliphatic carbocycles. The van der Waals surface area contributed by atoms with Crippen LogP contribution < -0.4 is 20.1 Å². The van der Waals surface area contributed by atoms with Gasteiger partial charge in [0.15, 0.2) is 11.5 Å². The molecule has 1 atom stereocenters. The lowest BCUT2D eigenvalue weighted by Crippen LogP contribution is -2.31. The van der Waals surface area contributed by atoms with Crippen LogP contribution in [-0.4, -0.2) is 25.2 Å². The van der Waals surface area contributed by atoms with Crippen molar-refractivity contribution in [3.8, 4) is 11.5 Å². The minimum absolute atomic E-state index is 0.151. The summed E-state index contributed by atoms with van der Waals surface area (Å²) < 4.78 is 11.0. The Morgan fingerprint density at radius 2 is 1.87 bits per heavy atom. The third-order valence-corrected chi connectivity index (χ3v) is 3.65. The summed E-state index contributed by atoms with van der Waals surface area (Å²) >= 11 is 5.91. The number of hydrogen-bond donors (Lipinski definition) is 2. The molecule has 5 nitrogen and oxygen atoms in total. The largest absolute Gasteiger partial charge is 0.486 e. The lowest BCUT2D eigenvalue weighted by molar-refractivity contribution is -0.116. The SMILES string of the molecule is C[C@@H](Nc1ccc2c(c1)OCCO2)C(=O)Nc1cccc(Cl)c1. The number of benzene rings is 2. The summed E-state index contributed by atoms with van der Waals surface area (Å²) in [5, 5.41) is 6.55. The summed E-state index contributed by atoms with van der Waals surface area (Å²) in [5.74, 6) is 1.25. The van der Waals surface area contributed by atoms with Gasteiger partial charge in [-0.2, -0.15) is 0 Å². The van der Waals surface area contributed by atoms with Crippen LogP contribution in [0.3, 0.4) is 0 Å². The molecule has 2 aromatic rings. The zero-order chi connectivity index (χ0) is 16.2. The molecule has 0 saturated carbocycles. The molecular formula is C17H17ClN2O3. The van der Waals surface area contributed by atoms with Gasteiger partial charge in [-0.15, -0.1) is 0 Å². The highest BCUT2D eigenvalue weighted by Crippen LogP contribution is 2.32. The van der Waals surface area contributed by atoms with E-state index in [0.29, 0.717) is 29.7 Å². The minimum atomic E-state index is -0.420. The van der Waals surface area contributed by atoms with Crippen molar-refractivity contribution in [2.45, 2.75) is 13.0 Å². The molecule has 0 spiro atoms. The molecule has 23 heavy (non-hydrogen) atoms. The summed E-state index contributed by atoms with van der Waals surface area (Å²) in [6.07, 6.45) is 0. The van der Waals surface area contributed by atoms with Gasteiger partial charge in [0.05, 0.1) is 0 Å². The highest BCUT2D eigenvalue weighted by Gasteiger charge is 2.16. The zero-order valence-electron chi connectivity index (χ0n) is 12.6. The maximum Gasteiger partial charge on any atom is 0.246 e. The fourth-order valence-corrected chi connectivity index (χ4v) is 2.46. The summed E-state index contributed by atoms with van der Waals surface area (Å²) in [6.45, 7) is 2.87. The van der Waals surface area contributed by atoms with E-state index in [1.165, 1.54) is 0 Å². The molecular weight excluding hydrogens is 316 g/mol. The molecule has 1 aliphatic rings. The molecule has 120 valence electrons. The molecule has 1 aliphatic heterocycles. The Labute approximate surface area is 139 Å². The van der Waals surface area contributed by atoms with Crippen molar-refractivity contribution in [2.24, 2.45) is 0 Å². The molecule has 6 heteroatoms. The van der Waals surface area contributed by atoms with Crippen molar-refractivity contribution in [3.05, 3.63) is 47.5 Å². The van der Waals surface area contributed by atoms with E-state index in [1.807, 2.05) is 18.2 Å². The van der Waals surface area contributed by atoms with E-state index in [-0.39, 0.29) is 5.91 Å². The van der Waals surface area contributed by atoms with Gasteiger partial charge in [0.25, 0.3) is 0 Å². The van der Waals surface area contributed by atoms with Gasteiger partial charge in [0.2, 0.25) is 5.91 Å². The van der Waals surface area contributed by atoms with Crippen LogP contribution in [0.1, 0.15) is 6.92 Å². The molecule has 2 aromatic carbocycles. The van der Waals surface area contributed by atoms with E-state index >= 15 is 0 Å². The van der Waals surface area contributed by atoms with Crippen molar-refractivity contribution >= 4 is 28.9 Å². The molecule has 0 bridgehead atoms. The van der Waals surface area contributed by atoms with Crippen molar-refractivity contribution in [1.82, 2.24) is 0 Å². The first kappa shape index (κ1) is 15.5. The molecule has 2 N–H and O–H groups in total. The van der Waals surface area contributed by atoms with Crippen LogP contribution >= 0.6 is 11.6 Å². The second-order valence-electron chi connectivity index (χ2n) is 5.22. The maximum absolute atomic E-state index is 12.2. The number of anilines is 2. The van der Waals surface area contributed by atoms with E-state index in [4.69, 9.17) is 21.1 Å². The van der Waals surface area contributed by atoms with E-state index < -0.39 is 6.04 Å². The Morgan fingerprint density at radius 3 is 2.65 bits per heavy atom. The maximum atomic E-state index is 12.2. The predicted octanol–water partition coefficient (Wildman–Crippen LogP) is 3.55. The average Bonchev–Trinajstić information content (AvgIpc) is 2.54. The second-order valence-corrected chi connectivity index (χ2v) is 5.66. The summed E-state index contributed by atoms with van der Waals surface area (Å²) in [7, 11) is 0. The van der Waals surface area contributed by atoms with Crippen molar-refractivity contribution < 1.29 is 14.3 Å². The Balaban J connectivity index is 1.64. The van der Waals surface area contributed by atoms with Crippen LogP contribution in [0.15, 0.2) is 42.5 Å². The van der Waals surface area contributed by atoms with Crippen LogP contribution in [0, 0.1) is 0 Å². The van der Waals surface area contributed by atoms with E-state index in [1.54, 1.807) is 31.2 Å². The van der Waals surface area contributed by atoms with E-state index in [2.05, 4.69) is 10.6 Å². The third-order valence-electron chi connectivity index (χ3n) is 3.41. The fraction of sp³-hybridized carbons (Fsp3) is 0.235. The molecule has 3 rings (SSSR count). The Morgan fingerprint density at radius 1 is 1.09 bits per heavy atom. The summed E-state index contributed by atoms with van der Waals surface area (Å²) in [4.78, 5) is 12.2. The molecule has 0 radical (unpaired) electrons. The number of rotatable bonds is 4. The number of nitrogens with one attached hydrogen (secondary N) is 2. The number of amides is 1. The van der Waals surface area contributed by atoms with Gasteiger partial charge in [0, 0.05) is 22.5 Å². The van der Waals surface area contributed by atoms with E-state index in [9.17, 15) is 4.79 Å².